The summed E-state index contributed by atoms with van der Waals surface area (Å²) >= 11 is 0. The Morgan fingerprint density at radius 1 is 0.407 bits per heavy atom. The molecular formula is C53H51N. The summed E-state index contributed by atoms with van der Waals surface area (Å²) in [6.07, 6.45) is 0. The molecule has 0 aromatic heterocycles. The van der Waals surface area contributed by atoms with Gasteiger partial charge in [-0.3, -0.25) is 0 Å². The predicted octanol–water partition coefficient (Wildman–Crippen LogP) is 15.1. The molecule has 0 spiro atoms. The van der Waals surface area contributed by atoms with Crippen molar-refractivity contribution in [2.45, 2.75) is 71.6 Å². The lowest BCUT2D eigenvalue weighted by Crippen LogP contribution is -2.24. The molecule has 7 aromatic carbocycles. The minimum Gasteiger partial charge on any atom is -0.311 e. The first kappa shape index (κ1) is 35.4. The largest absolute Gasteiger partial charge is 0.311 e. The summed E-state index contributed by atoms with van der Waals surface area (Å²) in [4.78, 5) is 2.37. The van der Waals surface area contributed by atoms with Crippen molar-refractivity contribution in [1.82, 2.24) is 0 Å². The van der Waals surface area contributed by atoms with E-state index in [4.69, 9.17) is 0 Å². The van der Waals surface area contributed by atoms with Crippen molar-refractivity contribution in [3.8, 4) is 44.5 Å². The summed E-state index contributed by atoms with van der Waals surface area (Å²) in [6.45, 7) is 18.9. The fraction of sp³-hybridized carbons (Fsp3) is 0.208. The highest BCUT2D eigenvalue weighted by Crippen LogP contribution is 2.56. The first-order chi connectivity index (χ1) is 25.8. The van der Waals surface area contributed by atoms with Gasteiger partial charge in [0.05, 0.1) is 0 Å². The minimum atomic E-state index is -0.103. The maximum atomic E-state index is 2.50. The van der Waals surface area contributed by atoms with Gasteiger partial charge in [0.2, 0.25) is 0 Å². The SMILES string of the molecule is CC(C)(C)c1cc2c(c(C(C)(C)C)c1)C(C)(C)c1cccc(-c3ccc(N(c4ccc(-c5ccccc5)cc4)c4ccc(-c5ccccc5)cc4)cc3)c1-2. The second kappa shape index (κ2) is 13.3. The third kappa shape index (κ3) is 6.36. The minimum absolute atomic E-state index is 0.0223. The van der Waals surface area contributed by atoms with Gasteiger partial charge in [0, 0.05) is 22.5 Å². The van der Waals surface area contributed by atoms with Crippen LogP contribution >= 0.6 is 0 Å². The molecule has 268 valence electrons. The Labute approximate surface area is 323 Å². The van der Waals surface area contributed by atoms with E-state index in [1.54, 1.807) is 0 Å². The third-order valence-electron chi connectivity index (χ3n) is 11.3. The highest BCUT2D eigenvalue weighted by molar-refractivity contribution is 5.94. The van der Waals surface area contributed by atoms with Crippen LogP contribution in [0, 0.1) is 0 Å². The van der Waals surface area contributed by atoms with Gasteiger partial charge in [-0.05, 0) is 114 Å². The monoisotopic (exact) mass is 701 g/mol. The zero-order valence-corrected chi connectivity index (χ0v) is 33.0. The van der Waals surface area contributed by atoms with Crippen LogP contribution in [0.1, 0.15) is 77.6 Å². The van der Waals surface area contributed by atoms with Crippen molar-refractivity contribution >= 4 is 17.1 Å². The second-order valence-corrected chi connectivity index (χ2v) is 17.5. The van der Waals surface area contributed by atoms with Crippen LogP contribution in [-0.2, 0) is 16.2 Å². The predicted molar refractivity (Wildman–Crippen MR) is 232 cm³/mol. The Bertz CT molecular complexity index is 2340. The summed E-state index contributed by atoms with van der Waals surface area (Å²) in [5, 5.41) is 0. The lowest BCUT2D eigenvalue weighted by atomic mass is 9.71. The molecule has 0 N–H and O–H groups in total. The topological polar surface area (TPSA) is 3.24 Å². The summed E-state index contributed by atoms with van der Waals surface area (Å²) in [6, 6.07) is 60.2. The molecule has 0 aliphatic heterocycles. The quantitative estimate of drug-likeness (QED) is 0.167. The Hall–Kier alpha value is -5.66. The number of nitrogens with zero attached hydrogens (tertiary/aromatic N) is 1. The molecule has 0 amide bonds. The molecule has 0 radical (unpaired) electrons. The zero-order valence-electron chi connectivity index (χ0n) is 33.0. The Morgan fingerprint density at radius 2 is 0.852 bits per heavy atom. The van der Waals surface area contributed by atoms with Gasteiger partial charge in [-0.2, -0.15) is 0 Å². The van der Waals surface area contributed by atoms with E-state index in [0.29, 0.717) is 0 Å². The van der Waals surface area contributed by atoms with Gasteiger partial charge >= 0.3 is 0 Å². The van der Waals surface area contributed by atoms with Crippen LogP contribution in [0.4, 0.5) is 17.1 Å². The van der Waals surface area contributed by atoms with Crippen LogP contribution in [0.2, 0.25) is 0 Å². The number of benzene rings is 7. The van der Waals surface area contributed by atoms with Crippen LogP contribution in [0.5, 0.6) is 0 Å². The van der Waals surface area contributed by atoms with Crippen molar-refractivity contribution in [3.63, 3.8) is 0 Å². The maximum absolute atomic E-state index is 2.50. The molecule has 0 atom stereocenters. The first-order valence-corrected chi connectivity index (χ1v) is 19.4. The molecule has 0 fully saturated rings. The van der Waals surface area contributed by atoms with Gasteiger partial charge in [0.15, 0.2) is 0 Å². The smallest absolute Gasteiger partial charge is 0.0462 e. The van der Waals surface area contributed by atoms with Crippen LogP contribution in [0.25, 0.3) is 44.5 Å². The van der Waals surface area contributed by atoms with Crippen LogP contribution in [0.15, 0.2) is 164 Å². The van der Waals surface area contributed by atoms with Gasteiger partial charge in [0.25, 0.3) is 0 Å². The number of fused-ring (bicyclic) bond motifs is 3. The molecular weight excluding hydrogens is 651 g/mol. The molecule has 1 aliphatic carbocycles. The van der Waals surface area contributed by atoms with E-state index in [0.717, 1.165) is 17.1 Å². The van der Waals surface area contributed by atoms with Crippen LogP contribution in [0.3, 0.4) is 0 Å². The second-order valence-electron chi connectivity index (χ2n) is 17.5. The lowest BCUT2D eigenvalue weighted by Gasteiger charge is -2.32. The van der Waals surface area contributed by atoms with Crippen molar-refractivity contribution in [2.75, 3.05) is 4.90 Å². The average molecular weight is 702 g/mol. The number of hydrogen-bond donors (Lipinski definition) is 0. The van der Waals surface area contributed by atoms with Gasteiger partial charge in [0.1, 0.15) is 0 Å². The summed E-state index contributed by atoms with van der Waals surface area (Å²) in [5.41, 5.74) is 19.2. The number of anilines is 3. The molecule has 54 heavy (non-hydrogen) atoms. The zero-order chi connectivity index (χ0) is 37.8. The number of hydrogen-bond acceptors (Lipinski definition) is 1. The highest BCUT2D eigenvalue weighted by Gasteiger charge is 2.41. The van der Waals surface area contributed by atoms with Gasteiger partial charge < -0.3 is 4.90 Å². The van der Waals surface area contributed by atoms with E-state index in [1.807, 2.05) is 0 Å². The molecule has 1 heteroatoms. The molecule has 0 unspecified atom stereocenters. The van der Waals surface area contributed by atoms with E-state index in [1.165, 1.54) is 66.8 Å². The van der Waals surface area contributed by atoms with E-state index in [9.17, 15) is 0 Å². The fourth-order valence-corrected chi connectivity index (χ4v) is 8.38. The van der Waals surface area contributed by atoms with Crippen molar-refractivity contribution < 1.29 is 0 Å². The Kier molecular flexibility index (Phi) is 8.73. The van der Waals surface area contributed by atoms with E-state index < -0.39 is 0 Å². The molecule has 0 heterocycles. The fourth-order valence-electron chi connectivity index (χ4n) is 8.38. The van der Waals surface area contributed by atoms with Gasteiger partial charge in [-0.1, -0.05) is 183 Å². The van der Waals surface area contributed by atoms with Crippen LogP contribution < -0.4 is 4.90 Å². The molecule has 7 aromatic rings. The first-order valence-electron chi connectivity index (χ1n) is 19.4. The molecule has 0 saturated heterocycles. The van der Waals surface area contributed by atoms with Crippen molar-refractivity contribution in [3.05, 3.63) is 186 Å². The highest BCUT2D eigenvalue weighted by atomic mass is 15.1. The maximum Gasteiger partial charge on any atom is 0.0462 e. The summed E-state index contributed by atoms with van der Waals surface area (Å²) in [7, 11) is 0. The van der Waals surface area contributed by atoms with Crippen LogP contribution in [-0.4, -0.2) is 0 Å². The molecule has 0 bridgehead atoms. The van der Waals surface area contributed by atoms with E-state index in [-0.39, 0.29) is 16.2 Å². The molecule has 8 rings (SSSR count). The normalized spacial score (nSPS) is 13.3. The van der Waals surface area contributed by atoms with Crippen molar-refractivity contribution in [1.29, 1.82) is 0 Å². The van der Waals surface area contributed by atoms with E-state index >= 15 is 0 Å². The molecule has 1 aliphatic rings. The summed E-state index contributed by atoms with van der Waals surface area (Å²) in [5.74, 6) is 0. The lowest BCUT2D eigenvalue weighted by molar-refractivity contribution is 0.545. The molecule has 0 saturated carbocycles. The number of rotatable bonds is 6. The van der Waals surface area contributed by atoms with E-state index in [2.05, 4.69) is 224 Å². The third-order valence-corrected chi connectivity index (χ3v) is 11.3. The Morgan fingerprint density at radius 3 is 1.30 bits per heavy atom. The van der Waals surface area contributed by atoms with Gasteiger partial charge in [-0.15, -0.1) is 0 Å². The van der Waals surface area contributed by atoms with Gasteiger partial charge in [-0.25, -0.2) is 0 Å². The molecule has 1 nitrogen and oxygen atoms in total. The summed E-state index contributed by atoms with van der Waals surface area (Å²) < 4.78 is 0. The standard InChI is InChI=1S/C53H51N/c1-51(2,3)41-34-46-49-45(20-15-21-47(49)53(7,8)50(46)48(35-41)52(4,5)6)40-26-32-44(33-27-40)54(42-28-22-38(23-29-42)36-16-11-9-12-17-36)43-30-24-39(25-31-43)37-18-13-10-14-19-37/h9-35H,1-8H3. The van der Waals surface area contributed by atoms with Crippen molar-refractivity contribution in [2.24, 2.45) is 0 Å². The average Bonchev–Trinajstić information content (AvgIpc) is 3.41. The Balaban J connectivity index is 1.23.